The summed E-state index contributed by atoms with van der Waals surface area (Å²) in [7, 11) is 0. The Labute approximate surface area is 127 Å². The first kappa shape index (κ1) is 15.8. The van der Waals surface area contributed by atoms with E-state index in [1.807, 2.05) is 18.2 Å². The van der Waals surface area contributed by atoms with Crippen LogP contribution < -0.4 is 15.4 Å². The van der Waals surface area contributed by atoms with E-state index in [4.69, 9.17) is 4.74 Å². The molecule has 1 aliphatic rings. The maximum atomic E-state index is 12.0. The largest absolute Gasteiger partial charge is 0.480 e. The third kappa shape index (κ3) is 4.21. The molecular formula is C17H26N2O2. The Bertz CT molecular complexity index is 462. The van der Waals surface area contributed by atoms with Gasteiger partial charge in [-0.1, -0.05) is 32.0 Å². The highest BCUT2D eigenvalue weighted by Crippen LogP contribution is 2.28. The van der Waals surface area contributed by atoms with Gasteiger partial charge in [-0.3, -0.25) is 4.79 Å². The standard InChI is InChI=1S/C17H26N2O2/c1-3-14(18-4-2)13-9-5-6-10-15(13)21-16-11-7-8-12-19-17(16)20/h5-6,9-10,14,16,18H,3-4,7-8,11-12H2,1-2H3,(H,19,20). The van der Waals surface area contributed by atoms with Crippen LogP contribution in [0.2, 0.25) is 0 Å². The molecule has 2 unspecified atom stereocenters. The molecule has 4 nitrogen and oxygen atoms in total. The topological polar surface area (TPSA) is 50.4 Å². The number of rotatable bonds is 6. The second-order valence-electron chi connectivity index (χ2n) is 5.45. The number of hydrogen-bond donors (Lipinski definition) is 2. The number of carbonyl (C=O) groups excluding carboxylic acids is 1. The fourth-order valence-electron chi connectivity index (χ4n) is 2.77. The lowest BCUT2D eigenvalue weighted by Crippen LogP contribution is -2.36. The molecule has 2 N–H and O–H groups in total. The molecule has 1 amide bonds. The van der Waals surface area contributed by atoms with Crippen LogP contribution in [0.25, 0.3) is 0 Å². The monoisotopic (exact) mass is 290 g/mol. The normalized spacial score (nSPS) is 20.5. The van der Waals surface area contributed by atoms with E-state index in [2.05, 4.69) is 30.5 Å². The van der Waals surface area contributed by atoms with Crippen LogP contribution in [0.5, 0.6) is 5.75 Å². The Morgan fingerprint density at radius 1 is 1.33 bits per heavy atom. The highest BCUT2D eigenvalue weighted by atomic mass is 16.5. The summed E-state index contributed by atoms with van der Waals surface area (Å²) in [5.74, 6) is 0.839. The van der Waals surface area contributed by atoms with Crippen molar-refractivity contribution in [3.05, 3.63) is 29.8 Å². The molecule has 0 saturated carbocycles. The Balaban J connectivity index is 2.17. The molecule has 2 rings (SSSR count). The van der Waals surface area contributed by atoms with Crippen molar-refractivity contribution in [1.29, 1.82) is 0 Å². The summed E-state index contributed by atoms with van der Waals surface area (Å²) in [6, 6.07) is 8.30. The van der Waals surface area contributed by atoms with E-state index >= 15 is 0 Å². The zero-order valence-corrected chi connectivity index (χ0v) is 13.0. The first-order valence-corrected chi connectivity index (χ1v) is 8.03. The second-order valence-corrected chi connectivity index (χ2v) is 5.45. The fourth-order valence-corrected chi connectivity index (χ4v) is 2.77. The molecule has 1 aromatic rings. The summed E-state index contributed by atoms with van der Waals surface area (Å²) in [5.41, 5.74) is 1.14. The van der Waals surface area contributed by atoms with Gasteiger partial charge >= 0.3 is 0 Å². The van der Waals surface area contributed by atoms with Crippen molar-refractivity contribution in [2.45, 2.75) is 51.7 Å². The van der Waals surface area contributed by atoms with Crippen molar-refractivity contribution >= 4 is 5.91 Å². The summed E-state index contributed by atoms with van der Waals surface area (Å²) < 4.78 is 6.06. The van der Waals surface area contributed by atoms with Crippen molar-refractivity contribution < 1.29 is 9.53 Å². The van der Waals surface area contributed by atoms with Crippen LogP contribution in [-0.4, -0.2) is 25.1 Å². The minimum Gasteiger partial charge on any atom is -0.480 e. The SMILES string of the molecule is CCNC(CC)c1ccccc1OC1CCCCNC1=O. The lowest BCUT2D eigenvalue weighted by Gasteiger charge is -2.23. The third-order valence-corrected chi connectivity index (χ3v) is 3.91. The minimum atomic E-state index is -0.368. The van der Waals surface area contributed by atoms with Gasteiger partial charge < -0.3 is 15.4 Å². The first-order chi connectivity index (χ1) is 10.3. The van der Waals surface area contributed by atoms with Gasteiger partial charge in [-0.25, -0.2) is 0 Å². The van der Waals surface area contributed by atoms with Crippen molar-refractivity contribution in [3.63, 3.8) is 0 Å². The lowest BCUT2D eigenvalue weighted by molar-refractivity contribution is -0.127. The molecule has 0 radical (unpaired) electrons. The number of ether oxygens (including phenoxy) is 1. The molecule has 0 aliphatic carbocycles. The molecule has 0 aromatic heterocycles. The number of amides is 1. The molecule has 0 spiro atoms. The Kier molecular flexibility index (Phi) is 6.05. The average Bonchev–Trinajstić information content (AvgIpc) is 2.71. The van der Waals surface area contributed by atoms with E-state index in [1.165, 1.54) is 0 Å². The molecule has 1 aliphatic heterocycles. The zero-order chi connectivity index (χ0) is 15.1. The van der Waals surface area contributed by atoms with Crippen LogP contribution in [0.4, 0.5) is 0 Å². The van der Waals surface area contributed by atoms with Gasteiger partial charge in [0, 0.05) is 18.2 Å². The van der Waals surface area contributed by atoms with Crippen LogP contribution in [-0.2, 0) is 4.79 Å². The van der Waals surface area contributed by atoms with Crippen LogP contribution in [0.1, 0.15) is 51.1 Å². The Morgan fingerprint density at radius 2 is 2.14 bits per heavy atom. The molecular weight excluding hydrogens is 264 g/mol. The number of nitrogens with one attached hydrogen (secondary N) is 2. The van der Waals surface area contributed by atoms with Gasteiger partial charge in [0.05, 0.1) is 0 Å². The molecule has 1 saturated heterocycles. The van der Waals surface area contributed by atoms with Gasteiger partial charge in [0.2, 0.25) is 0 Å². The van der Waals surface area contributed by atoms with Gasteiger partial charge in [0.15, 0.2) is 6.10 Å². The van der Waals surface area contributed by atoms with Crippen LogP contribution >= 0.6 is 0 Å². The molecule has 4 heteroatoms. The average molecular weight is 290 g/mol. The molecule has 1 aromatic carbocycles. The van der Waals surface area contributed by atoms with Crippen molar-refractivity contribution in [3.8, 4) is 5.75 Å². The Hall–Kier alpha value is -1.55. The second kappa shape index (κ2) is 8.03. The van der Waals surface area contributed by atoms with E-state index in [0.717, 1.165) is 50.1 Å². The minimum absolute atomic E-state index is 0.0128. The number of para-hydroxylation sites is 1. The van der Waals surface area contributed by atoms with Gasteiger partial charge in [-0.15, -0.1) is 0 Å². The van der Waals surface area contributed by atoms with E-state index in [-0.39, 0.29) is 18.1 Å². The fraction of sp³-hybridized carbons (Fsp3) is 0.588. The van der Waals surface area contributed by atoms with Crippen LogP contribution in [0.15, 0.2) is 24.3 Å². The number of benzene rings is 1. The summed E-state index contributed by atoms with van der Waals surface area (Å²) in [4.78, 5) is 12.0. The lowest BCUT2D eigenvalue weighted by atomic mass is 10.0. The van der Waals surface area contributed by atoms with Crippen LogP contribution in [0, 0.1) is 0 Å². The van der Waals surface area contributed by atoms with Gasteiger partial charge in [0.1, 0.15) is 5.75 Å². The molecule has 2 atom stereocenters. The first-order valence-electron chi connectivity index (χ1n) is 8.03. The maximum Gasteiger partial charge on any atom is 0.261 e. The zero-order valence-electron chi connectivity index (χ0n) is 13.0. The third-order valence-electron chi connectivity index (χ3n) is 3.91. The molecule has 116 valence electrons. The van der Waals surface area contributed by atoms with Gasteiger partial charge in [0.25, 0.3) is 5.91 Å². The van der Waals surface area contributed by atoms with E-state index in [1.54, 1.807) is 0 Å². The Morgan fingerprint density at radius 3 is 2.90 bits per heavy atom. The number of carbonyl (C=O) groups is 1. The summed E-state index contributed by atoms with van der Waals surface area (Å²) in [5, 5.41) is 6.39. The molecule has 1 fully saturated rings. The smallest absolute Gasteiger partial charge is 0.261 e. The van der Waals surface area contributed by atoms with Crippen molar-refractivity contribution in [1.82, 2.24) is 10.6 Å². The van der Waals surface area contributed by atoms with Crippen molar-refractivity contribution in [2.75, 3.05) is 13.1 Å². The quantitative estimate of drug-likeness (QED) is 0.847. The highest BCUT2D eigenvalue weighted by Gasteiger charge is 2.24. The van der Waals surface area contributed by atoms with Gasteiger partial charge in [-0.2, -0.15) is 0 Å². The van der Waals surface area contributed by atoms with Gasteiger partial charge in [-0.05, 0) is 38.3 Å². The van der Waals surface area contributed by atoms with Crippen LogP contribution in [0.3, 0.4) is 0 Å². The summed E-state index contributed by atoms with van der Waals surface area (Å²) in [6.45, 7) is 5.93. The summed E-state index contributed by atoms with van der Waals surface area (Å²) >= 11 is 0. The summed E-state index contributed by atoms with van der Waals surface area (Å²) in [6.07, 6.45) is 3.47. The molecule has 21 heavy (non-hydrogen) atoms. The maximum absolute atomic E-state index is 12.0. The number of hydrogen-bond acceptors (Lipinski definition) is 3. The predicted molar refractivity (Wildman–Crippen MR) is 84.4 cm³/mol. The highest BCUT2D eigenvalue weighted by molar-refractivity contribution is 5.81. The molecule has 1 heterocycles. The predicted octanol–water partition coefficient (Wildman–Crippen LogP) is 2.79. The van der Waals surface area contributed by atoms with E-state index < -0.39 is 0 Å². The van der Waals surface area contributed by atoms with E-state index in [0.29, 0.717) is 0 Å². The van der Waals surface area contributed by atoms with E-state index in [9.17, 15) is 4.79 Å². The van der Waals surface area contributed by atoms with Crippen molar-refractivity contribution in [2.24, 2.45) is 0 Å². The molecule has 0 bridgehead atoms.